The van der Waals surface area contributed by atoms with Crippen molar-refractivity contribution in [3.63, 3.8) is 0 Å². The van der Waals surface area contributed by atoms with Crippen molar-refractivity contribution in [2.24, 2.45) is 17.3 Å². The number of aliphatic hydroxyl groups is 1. The van der Waals surface area contributed by atoms with Crippen molar-refractivity contribution in [2.75, 3.05) is 50.3 Å². The van der Waals surface area contributed by atoms with Gasteiger partial charge in [-0.15, -0.1) is 5.10 Å². The second-order valence-electron chi connectivity index (χ2n) is 30.2. The van der Waals surface area contributed by atoms with Crippen LogP contribution in [0.15, 0.2) is 128 Å². The van der Waals surface area contributed by atoms with E-state index >= 15 is 0 Å². The minimum atomic E-state index is -1.48. The molecule has 6 aromatic carbocycles. The second kappa shape index (κ2) is 32.8. The molecular formula is C85H95N9O15. The standard InChI is InChI=1S/C85H95N9O15/c1-9-53-23-25-56(26-24-53)59-38-60-28-27-57-39-74(72(105-7)41-66(57)81(101)90(60)47-59)107-35-14-36-108-75-43-69-67(42-73(75)106-8)82(102)92-49-85(33-34-85)44-70(92)83(103)93(69)84(104)109-48-55-21-19-54(20-22-55)37-71(97)52(6)87-80(100)65(50(2)3)40-62(96)45-86-76(98)31-29-61(95)30-32-77(99)91-46-58-15-10-11-16-63(58)79-78(88-89-94(79)51(4)5)64-17-12-13-18-68(64)91/h10-13,15-26,39,41-43,47,50-52,60,65,70,83,103H,9,14,27-38,40,44-46,48-49H2,1-8H3,(H,86,98)(H,87,100)/t52-,60+,65-,70-,83?/m0/s1. The van der Waals surface area contributed by atoms with Crippen LogP contribution in [0.4, 0.5) is 16.2 Å². The number of aliphatic hydroxyl groups excluding tert-OH is 1. The lowest BCUT2D eigenvalue weighted by Gasteiger charge is -2.31. The Bertz CT molecular complexity index is 4690. The molecule has 5 atom stereocenters. The molecule has 570 valence electrons. The highest BCUT2D eigenvalue weighted by Gasteiger charge is 2.58. The molecule has 1 unspecified atom stereocenters. The Hall–Kier alpha value is -11.0. The molecule has 13 rings (SSSR count). The van der Waals surface area contributed by atoms with E-state index in [1.165, 1.54) is 24.8 Å². The molecule has 5 aliphatic heterocycles. The molecule has 1 saturated carbocycles. The van der Waals surface area contributed by atoms with Gasteiger partial charge in [0.15, 0.2) is 40.8 Å². The molecule has 24 nitrogen and oxygen atoms in total. The van der Waals surface area contributed by atoms with E-state index in [0.29, 0.717) is 65.4 Å². The number of Topliss-reactive ketones (excluding diaryl/α,β-unsaturated/α-hetero) is 3. The van der Waals surface area contributed by atoms with Gasteiger partial charge in [-0.2, -0.15) is 0 Å². The third kappa shape index (κ3) is 16.5. The summed E-state index contributed by atoms with van der Waals surface area (Å²) in [7, 11) is 3.00. The number of para-hydroxylation sites is 1. The van der Waals surface area contributed by atoms with Crippen molar-refractivity contribution in [3.05, 3.63) is 172 Å². The van der Waals surface area contributed by atoms with Crippen LogP contribution >= 0.6 is 0 Å². The van der Waals surface area contributed by atoms with Crippen molar-refractivity contribution in [1.29, 1.82) is 0 Å². The number of nitrogens with one attached hydrogen (secondary N) is 2. The molecule has 109 heavy (non-hydrogen) atoms. The number of ketones is 3. The number of aromatic nitrogens is 3. The molecule has 7 aromatic rings. The van der Waals surface area contributed by atoms with Crippen LogP contribution in [0.2, 0.25) is 0 Å². The Morgan fingerprint density at radius 2 is 1.37 bits per heavy atom. The first-order valence-corrected chi connectivity index (χ1v) is 37.9. The largest absolute Gasteiger partial charge is 0.493 e. The molecule has 6 amide bonds. The van der Waals surface area contributed by atoms with Gasteiger partial charge in [0.1, 0.15) is 18.1 Å². The average Bonchev–Trinajstić information content (AvgIpc) is 1.82. The van der Waals surface area contributed by atoms with Crippen molar-refractivity contribution in [1.82, 2.24) is 35.4 Å². The lowest BCUT2D eigenvalue weighted by atomic mass is 9.89. The highest BCUT2D eigenvalue weighted by Crippen LogP contribution is 2.57. The molecule has 3 N–H and O–H groups in total. The van der Waals surface area contributed by atoms with Gasteiger partial charge in [-0.1, -0.05) is 117 Å². The number of rotatable bonds is 29. The smallest absolute Gasteiger partial charge is 0.416 e. The highest BCUT2D eigenvalue weighted by atomic mass is 16.6. The molecule has 1 spiro atoms. The minimum Gasteiger partial charge on any atom is -0.493 e. The van der Waals surface area contributed by atoms with Gasteiger partial charge in [0.05, 0.1) is 75.2 Å². The van der Waals surface area contributed by atoms with Crippen LogP contribution in [0.1, 0.15) is 172 Å². The first-order valence-electron chi connectivity index (χ1n) is 37.9. The molecule has 6 aliphatic rings. The number of hydrogen-bond acceptors (Lipinski definition) is 17. The van der Waals surface area contributed by atoms with Gasteiger partial charge in [0.25, 0.3) is 11.8 Å². The summed E-state index contributed by atoms with van der Waals surface area (Å²) in [6, 6.07) is 35.8. The molecule has 0 bridgehead atoms. The summed E-state index contributed by atoms with van der Waals surface area (Å²) in [6.07, 6.45) is 4.68. The highest BCUT2D eigenvalue weighted by molar-refractivity contribution is 6.07. The van der Waals surface area contributed by atoms with E-state index in [4.69, 9.17) is 23.7 Å². The summed E-state index contributed by atoms with van der Waals surface area (Å²) in [5, 5.41) is 26.7. The van der Waals surface area contributed by atoms with Crippen molar-refractivity contribution >= 4 is 69.9 Å². The Kier molecular flexibility index (Phi) is 22.9. The molecule has 1 aromatic heterocycles. The number of fused-ring (bicyclic) bond motifs is 9. The van der Waals surface area contributed by atoms with E-state index in [1.54, 1.807) is 68.0 Å². The molecular weight excluding hydrogens is 1390 g/mol. The monoisotopic (exact) mass is 1480 g/mol. The number of carbonyl (C=O) groups is 9. The SMILES string of the molecule is CCc1ccc(C2=CN3C(=O)c4cc(OC)c(OCCCOc5cc6c(cc5OC)C(=O)N5CC7(CC7)C[C@H]5C(O)N6C(=O)OCc5ccc(CC(=O)[C@H](C)NC(=O)[C@@H](CC(=O)CNC(=O)CCC(=O)CCC(=O)N6Cc7ccccc7-c7c(nnn7C(C)C)-c7ccccc76)C(C)C)cc5)cc4CC[C@@H]3C2)cc1. The third-order valence-electron chi connectivity index (χ3n) is 22.1. The minimum absolute atomic E-state index is 0.0316. The molecule has 1 saturated heterocycles. The van der Waals surface area contributed by atoms with Crippen LogP contribution < -0.4 is 39.4 Å². The van der Waals surface area contributed by atoms with Gasteiger partial charge >= 0.3 is 6.09 Å². The fraction of sp³-hybridized carbons (Fsp3) is 0.424. The first kappa shape index (κ1) is 76.2. The van der Waals surface area contributed by atoms with Crippen molar-refractivity contribution < 1.29 is 71.9 Å². The van der Waals surface area contributed by atoms with Crippen LogP contribution in [0.5, 0.6) is 23.0 Å². The second-order valence-corrected chi connectivity index (χ2v) is 30.2. The number of benzene rings is 6. The van der Waals surface area contributed by atoms with E-state index in [9.17, 15) is 48.3 Å². The Labute approximate surface area is 634 Å². The number of methoxy groups -OCH3 is 2. The van der Waals surface area contributed by atoms with Gasteiger partial charge in [-0.25, -0.2) is 14.4 Å². The predicted octanol–water partition coefficient (Wildman–Crippen LogP) is 11.9. The van der Waals surface area contributed by atoms with Crippen molar-refractivity contribution in [2.45, 2.75) is 175 Å². The summed E-state index contributed by atoms with van der Waals surface area (Å²) in [5.41, 5.74) is 11.0. The maximum atomic E-state index is 14.6. The zero-order chi connectivity index (χ0) is 76.9. The number of aryl methyl sites for hydroxylation is 2. The lowest BCUT2D eigenvalue weighted by molar-refractivity contribution is -0.133. The maximum Gasteiger partial charge on any atom is 0.416 e. The Morgan fingerprint density at radius 1 is 0.697 bits per heavy atom. The van der Waals surface area contributed by atoms with E-state index in [0.717, 1.165) is 76.1 Å². The van der Waals surface area contributed by atoms with E-state index in [-0.39, 0.29) is 147 Å². The Morgan fingerprint density at radius 3 is 2.06 bits per heavy atom. The average molecular weight is 1480 g/mol. The summed E-state index contributed by atoms with van der Waals surface area (Å²) >= 11 is 0. The molecule has 6 heterocycles. The van der Waals surface area contributed by atoms with Gasteiger partial charge in [0.2, 0.25) is 17.7 Å². The van der Waals surface area contributed by atoms with Crippen LogP contribution in [-0.4, -0.2) is 148 Å². The number of ether oxygens (including phenoxy) is 5. The van der Waals surface area contributed by atoms with Crippen molar-refractivity contribution in [3.8, 4) is 45.5 Å². The van der Waals surface area contributed by atoms with Gasteiger partial charge in [-0.05, 0) is 140 Å². The fourth-order valence-corrected chi connectivity index (χ4v) is 15.5. The maximum absolute atomic E-state index is 14.6. The summed E-state index contributed by atoms with van der Waals surface area (Å²) in [6.45, 7) is 11.8. The predicted molar refractivity (Wildman–Crippen MR) is 408 cm³/mol. The van der Waals surface area contributed by atoms with E-state index in [2.05, 4.69) is 52.1 Å². The first-order chi connectivity index (χ1) is 52.5. The third-order valence-corrected chi connectivity index (χ3v) is 22.1. The molecule has 24 heteroatoms. The summed E-state index contributed by atoms with van der Waals surface area (Å²) in [5.74, 6) is -2.49. The van der Waals surface area contributed by atoms with Crippen LogP contribution in [-0.2, 0) is 65.9 Å². The zero-order valence-electron chi connectivity index (χ0n) is 63.1. The van der Waals surface area contributed by atoms with E-state index in [1.807, 2.05) is 84.2 Å². The Balaban J connectivity index is 0.569. The quantitative estimate of drug-likeness (QED) is 0.0367. The number of anilines is 2. The van der Waals surface area contributed by atoms with Crippen LogP contribution in [0, 0.1) is 17.3 Å². The normalized spacial score (nSPS) is 17.7. The van der Waals surface area contributed by atoms with Gasteiger partial charge < -0.3 is 54.1 Å². The molecule has 0 radical (unpaired) electrons. The van der Waals surface area contributed by atoms with Crippen LogP contribution in [0.25, 0.3) is 28.1 Å². The number of hydrogen-bond donors (Lipinski definition) is 3. The topological polar surface area (TPSA) is 288 Å². The summed E-state index contributed by atoms with van der Waals surface area (Å²) in [4.78, 5) is 130. The number of amides is 6. The lowest BCUT2D eigenvalue weighted by Crippen LogP contribution is -2.50. The van der Waals surface area contributed by atoms with Gasteiger partial charge in [-0.3, -0.25) is 38.4 Å². The number of nitrogens with zero attached hydrogens (tertiary/aromatic N) is 7. The molecule has 1 aliphatic carbocycles. The van der Waals surface area contributed by atoms with Gasteiger partial charge in [0, 0.05) is 98.4 Å². The van der Waals surface area contributed by atoms with Crippen LogP contribution in [0.3, 0.4) is 0 Å². The molecule has 2 fully saturated rings. The fourth-order valence-electron chi connectivity index (χ4n) is 15.5. The zero-order valence-corrected chi connectivity index (χ0v) is 63.1. The summed E-state index contributed by atoms with van der Waals surface area (Å²) < 4.78 is 32.0. The number of carbonyl (C=O) groups excluding carboxylic acids is 9. The van der Waals surface area contributed by atoms with E-state index < -0.39 is 47.9 Å².